The Kier molecular flexibility index (Phi) is 4.52. The van der Waals surface area contributed by atoms with Crippen molar-refractivity contribution in [1.82, 2.24) is 20.2 Å². The van der Waals surface area contributed by atoms with E-state index in [1.807, 2.05) is 4.68 Å². The third-order valence-corrected chi connectivity index (χ3v) is 3.66. The molecule has 0 spiro atoms. The summed E-state index contributed by atoms with van der Waals surface area (Å²) in [5.41, 5.74) is 6.62. The van der Waals surface area contributed by atoms with Crippen LogP contribution in [0.15, 0.2) is 24.5 Å². The second-order valence-corrected chi connectivity index (χ2v) is 5.48. The summed E-state index contributed by atoms with van der Waals surface area (Å²) in [5, 5.41) is 4.27. The fraction of sp³-hybridized carbons (Fsp3) is 0.467. The molecule has 0 saturated heterocycles. The molecule has 5 heteroatoms. The maximum absolute atomic E-state index is 5.73. The van der Waals surface area contributed by atoms with E-state index in [-0.39, 0.29) is 6.04 Å². The Morgan fingerprint density at radius 1 is 1.25 bits per heavy atom. The molecule has 0 aliphatic rings. The van der Waals surface area contributed by atoms with Gasteiger partial charge < -0.3 is 0 Å². The molecule has 0 bridgehead atoms. The van der Waals surface area contributed by atoms with E-state index in [9.17, 15) is 0 Å². The van der Waals surface area contributed by atoms with Crippen LogP contribution in [0.2, 0.25) is 0 Å². The molecule has 3 N–H and O–H groups in total. The zero-order chi connectivity index (χ0) is 14.7. The lowest BCUT2D eigenvalue weighted by molar-refractivity contribution is 0.468. The van der Waals surface area contributed by atoms with Crippen molar-refractivity contribution < 1.29 is 0 Å². The van der Waals surface area contributed by atoms with Crippen LogP contribution in [0.4, 0.5) is 0 Å². The summed E-state index contributed by atoms with van der Waals surface area (Å²) < 4.78 is 1.94. The van der Waals surface area contributed by atoms with E-state index in [0.717, 1.165) is 12.2 Å². The Hall–Kier alpha value is -1.72. The van der Waals surface area contributed by atoms with Crippen LogP contribution in [0.5, 0.6) is 0 Å². The summed E-state index contributed by atoms with van der Waals surface area (Å²) in [4.78, 5) is 4.35. The molecule has 5 nitrogen and oxygen atoms in total. The van der Waals surface area contributed by atoms with E-state index in [0.29, 0.717) is 6.04 Å². The number of benzene rings is 1. The monoisotopic (exact) mass is 273 g/mol. The molecule has 0 amide bonds. The fourth-order valence-electron chi connectivity index (χ4n) is 2.29. The van der Waals surface area contributed by atoms with Crippen molar-refractivity contribution >= 4 is 0 Å². The average molecular weight is 273 g/mol. The summed E-state index contributed by atoms with van der Waals surface area (Å²) in [6, 6.07) is 6.75. The maximum atomic E-state index is 5.73. The van der Waals surface area contributed by atoms with E-state index < -0.39 is 0 Å². The first-order valence-corrected chi connectivity index (χ1v) is 6.94. The van der Waals surface area contributed by atoms with Gasteiger partial charge in [0.05, 0.1) is 6.04 Å². The molecule has 2 aromatic rings. The fourth-order valence-corrected chi connectivity index (χ4v) is 2.29. The second-order valence-electron chi connectivity index (χ2n) is 5.48. The first-order chi connectivity index (χ1) is 9.52. The Bertz CT molecular complexity index is 573. The number of hydrogen-bond donors (Lipinski definition) is 2. The average Bonchev–Trinajstić information content (AvgIpc) is 2.87. The van der Waals surface area contributed by atoms with Gasteiger partial charge in [0.25, 0.3) is 0 Å². The number of aryl methyl sites for hydroxylation is 2. The van der Waals surface area contributed by atoms with Gasteiger partial charge in [-0.05, 0) is 44.4 Å². The second kappa shape index (κ2) is 6.15. The molecule has 0 aliphatic heterocycles. The minimum Gasteiger partial charge on any atom is -0.271 e. The van der Waals surface area contributed by atoms with Crippen molar-refractivity contribution in [2.24, 2.45) is 5.84 Å². The first kappa shape index (κ1) is 14.7. The Morgan fingerprint density at radius 2 is 2.00 bits per heavy atom. The van der Waals surface area contributed by atoms with Crippen LogP contribution in [0.1, 0.15) is 48.4 Å². The summed E-state index contributed by atoms with van der Waals surface area (Å²) >= 11 is 0. The van der Waals surface area contributed by atoms with Gasteiger partial charge in [-0.1, -0.05) is 18.2 Å². The third kappa shape index (κ3) is 3.05. The molecule has 0 fully saturated rings. The highest BCUT2D eigenvalue weighted by molar-refractivity contribution is 5.32. The van der Waals surface area contributed by atoms with Crippen molar-refractivity contribution in [3.63, 3.8) is 0 Å². The molecule has 0 saturated carbocycles. The molecule has 1 heterocycles. The SMILES string of the molecule is Cc1ccc(C(Cc2ncnn2C(C)C)NN)cc1C. The van der Waals surface area contributed by atoms with Gasteiger partial charge in [-0.2, -0.15) is 5.10 Å². The maximum Gasteiger partial charge on any atom is 0.138 e. The van der Waals surface area contributed by atoms with Gasteiger partial charge in [-0.25, -0.2) is 9.67 Å². The lowest BCUT2D eigenvalue weighted by Crippen LogP contribution is -2.30. The van der Waals surface area contributed by atoms with Crippen LogP contribution in [-0.2, 0) is 6.42 Å². The molecule has 0 radical (unpaired) electrons. The van der Waals surface area contributed by atoms with Gasteiger partial charge in [0.2, 0.25) is 0 Å². The van der Waals surface area contributed by atoms with Crippen molar-refractivity contribution in [2.45, 2.75) is 46.2 Å². The lowest BCUT2D eigenvalue weighted by atomic mass is 9.99. The highest BCUT2D eigenvalue weighted by atomic mass is 15.3. The summed E-state index contributed by atoms with van der Waals surface area (Å²) in [6.45, 7) is 8.42. The normalized spacial score (nSPS) is 12.9. The molecular formula is C15H23N5. The van der Waals surface area contributed by atoms with Crippen molar-refractivity contribution in [1.29, 1.82) is 0 Å². The third-order valence-electron chi connectivity index (χ3n) is 3.66. The van der Waals surface area contributed by atoms with Crippen LogP contribution in [-0.4, -0.2) is 14.8 Å². The van der Waals surface area contributed by atoms with E-state index >= 15 is 0 Å². The number of nitrogens with two attached hydrogens (primary N) is 1. The smallest absolute Gasteiger partial charge is 0.138 e. The van der Waals surface area contributed by atoms with Crippen molar-refractivity contribution in [2.75, 3.05) is 0 Å². The topological polar surface area (TPSA) is 68.8 Å². The van der Waals surface area contributed by atoms with E-state index in [1.54, 1.807) is 6.33 Å². The first-order valence-electron chi connectivity index (χ1n) is 6.94. The molecule has 1 unspecified atom stereocenters. The lowest BCUT2D eigenvalue weighted by Gasteiger charge is -2.18. The molecular weight excluding hydrogens is 250 g/mol. The molecule has 1 atom stereocenters. The van der Waals surface area contributed by atoms with E-state index in [4.69, 9.17) is 5.84 Å². The Labute approximate surface area is 120 Å². The number of aromatic nitrogens is 3. The van der Waals surface area contributed by atoms with Gasteiger partial charge in [0.1, 0.15) is 12.2 Å². The van der Waals surface area contributed by atoms with Gasteiger partial charge in [-0.3, -0.25) is 11.3 Å². The number of nitrogens with one attached hydrogen (secondary N) is 1. The van der Waals surface area contributed by atoms with Gasteiger partial charge in [-0.15, -0.1) is 0 Å². The van der Waals surface area contributed by atoms with E-state index in [2.05, 4.69) is 61.4 Å². The predicted molar refractivity (Wildman–Crippen MR) is 80.1 cm³/mol. The number of hydrazine groups is 1. The van der Waals surface area contributed by atoms with Crippen LogP contribution >= 0.6 is 0 Å². The molecule has 2 rings (SSSR count). The van der Waals surface area contributed by atoms with E-state index in [1.165, 1.54) is 16.7 Å². The van der Waals surface area contributed by atoms with Crippen LogP contribution in [0, 0.1) is 13.8 Å². The van der Waals surface area contributed by atoms with Gasteiger partial charge in [0, 0.05) is 12.5 Å². The molecule has 1 aromatic heterocycles. The zero-order valence-electron chi connectivity index (χ0n) is 12.6. The number of hydrogen-bond acceptors (Lipinski definition) is 4. The molecule has 20 heavy (non-hydrogen) atoms. The van der Waals surface area contributed by atoms with Crippen LogP contribution < -0.4 is 11.3 Å². The summed E-state index contributed by atoms with van der Waals surface area (Å²) in [5.74, 6) is 6.67. The highest BCUT2D eigenvalue weighted by Crippen LogP contribution is 2.20. The molecule has 108 valence electrons. The highest BCUT2D eigenvalue weighted by Gasteiger charge is 2.16. The number of nitrogens with zero attached hydrogens (tertiary/aromatic N) is 3. The Morgan fingerprint density at radius 3 is 2.60 bits per heavy atom. The van der Waals surface area contributed by atoms with Gasteiger partial charge in [0.15, 0.2) is 0 Å². The molecule has 0 aliphatic carbocycles. The Balaban J connectivity index is 2.24. The number of rotatable bonds is 5. The minimum absolute atomic E-state index is 0.0380. The predicted octanol–water partition coefficient (Wildman–Crippen LogP) is 2.22. The van der Waals surface area contributed by atoms with Crippen molar-refractivity contribution in [3.8, 4) is 0 Å². The largest absolute Gasteiger partial charge is 0.271 e. The van der Waals surface area contributed by atoms with Crippen LogP contribution in [0.3, 0.4) is 0 Å². The minimum atomic E-state index is 0.0380. The summed E-state index contributed by atoms with van der Waals surface area (Å²) in [7, 11) is 0. The molecule has 1 aromatic carbocycles. The van der Waals surface area contributed by atoms with Gasteiger partial charge >= 0.3 is 0 Å². The standard InChI is InChI=1S/C15H23N5/c1-10(2)20-15(17-9-18-20)8-14(19-16)13-6-5-11(3)12(4)7-13/h5-7,9-10,14,19H,8,16H2,1-4H3. The zero-order valence-corrected chi connectivity index (χ0v) is 12.6. The van der Waals surface area contributed by atoms with Crippen LogP contribution in [0.25, 0.3) is 0 Å². The summed E-state index contributed by atoms with van der Waals surface area (Å²) in [6.07, 6.45) is 2.32. The quantitative estimate of drug-likeness (QED) is 0.647. The van der Waals surface area contributed by atoms with Crippen molar-refractivity contribution in [3.05, 3.63) is 47.0 Å².